The Balaban J connectivity index is 1.41. The van der Waals surface area contributed by atoms with E-state index in [9.17, 15) is 9.18 Å². The van der Waals surface area contributed by atoms with Crippen LogP contribution >= 0.6 is 0 Å². The fourth-order valence-electron chi connectivity index (χ4n) is 3.87. The van der Waals surface area contributed by atoms with Gasteiger partial charge in [0.15, 0.2) is 5.69 Å². The van der Waals surface area contributed by atoms with Crippen molar-refractivity contribution in [2.45, 2.75) is 6.54 Å². The number of H-pyrrole nitrogens is 1. The number of nitrogens with zero attached hydrogens (tertiary/aromatic N) is 3. The molecule has 32 heavy (non-hydrogen) atoms. The molecular weight excluding hydrogens is 409 g/mol. The molecule has 1 amide bonds. The van der Waals surface area contributed by atoms with Crippen LogP contribution < -0.4 is 5.32 Å². The number of rotatable bonds is 5. The summed E-state index contributed by atoms with van der Waals surface area (Å²) in [5.41, 5.74) is 4.41. The Morgan fingerprint density at radius 1 is 1.09 bits per heavy atom. The summed E-state index contributed by atoms with van der Waals surface area (Å²) < 4.78 is 18.9. The van der Waals surface area contributed by atoms with E-state index in [2.05, 4.69) is 31.5 Å². The van der Waals surface area contributed by atoms with E-state index in [0.29, 0.717) is 11.1 Å². The number of aromatic nitrogens is 3. The highest BCUT2D eigenvalue weighted by atomic mass is 19.1. The number of hydrogen-bond acceptors (Lipinski definition) is 5. The lowest BCUT2D eigenvalue weighted by Crippen LogP contribution is -2.35. The molecule has 1 aliphatic heterocycles. The smallest absolute Gasteiger partial charge is 0.276 e. The molecule has 0 spiro atoms. The van der Waals surface area contributed by atoms with E-state index in [1.807, 2.05) is 30.6 Å². The van der Waals surface area contributed by atoms with Gasteiger partial charge in [-0.1, -0.05) is 12.1 Å². The van der Waals surface area contributed by atoms with E-state index >= 15 is 0 Å². The van der Waals surface area contributed by atoms with Crippen LogP contribution in [0.1, 0.15) is 16.1 Å². The molecule has 0 radical (unpaired) electrons. The number of pyridine rings is 1. The number of carbonyl (C=O) groups is 1. The summed E-state index contributed by atoms with van der Waals surface area (Å²) in [6, 6.07) is 13.7. The molecule has 162 valence electrons. The zero-order chi connectivity index (χ0) is 21.9. The van der Waals surface area contributed by atoms with Gasteiger partial charge in [0.2, 0.25) is 0 Å². The lowest BCUT2D eigenvalue weighted by Gasteiger charge is -2.26. The normalized spacial score (nSPS) is 14.5. The first-order chi connectivity index (χ1) is 15.7. The highest BCUT2D eigenvalue weighted by molar-refractivity contribution is 6.11. The number of hydrogen-bond donors (Lipinski definition) is 2. The average molecular weight is 431 g/mol. The van der Waals surface area contributed by atoms with E-state index in [1.165, 1.54) is 12.1 Å². The maximum absolute atomic E-state index is 13.4. The Morgan fingerprint density at radius 3 is 2.81 bits per heavy atom. The first-order valence-corrected chi connectivity index (χ1v) is 10.5. The number of benzene rings is 2. The number of aromatic amines is 1. The van der Waals surface area contributed by atoms with Gasteiger partial charge < -0.3 is 10.1 Å². The van der Waals surface area contributed by atoms with Crippen LogP contribution in [0.5, 0.6) is 0 Å². The molecule has 5 rings (SSSR count). The minimum atomic E-state index is -0.415. The fourth-order valence-corrected chi connectivity index (χ4v) is 3.87. The van der Waals surface area contributed by atoms with Crippen molar-refractivity contribution in [3.8, 4) is 11.1 Å². The van der Waals surface area contributed by atoms with Crippen LogP contribution in [0.15, 0.2) is 60.9 Å². The zero-order valence-corrected chi connectivity index (χ0v) is 17.3. The number of morpholine rings is 1. The number of anilines is 1. The summed E-state index contributed by atoms with van der Waals surface area (Å²) in [5, 5.41) is 10.5. The molecule has 2 aromatic heterocycles. The van der Waals surface area contributed by atoms with Gasteiger partial charge in [-0.05, 0) is 47.5 Å². The van der Waals surface area contributed by atoms with Gasteiger partial charge in [0.1, 0.15) is 5.82 Å². The predicted molar refractivity (Wildman–Crippen MR) is 120 cm³/mol. The van der Waals surface area contributed by atoms with Crippen molar-refractivity contribution in [3.05, 3.63) is 78.0 Å². The van der Waals surface area contributed by atoms with Gasteiger partial charge in [-0.3, -0.25) is 19.8 Å². The molecule has 0 saturated carbocycles. The van der Waals surface area contributed by atoms with E-state index in [0.717, 1.165) is 55.1 Å². The summed E-state index contributed by atoms with van der Waals surface area (Å²) in [6.07, 6.45) is 3.70. The third-order valence-electron chi connectivity index (χ3n) is 5.50. The van der Waals surface area contributed by atoms with Crippen molar-refractivity contribution in [1.29, 1.82) is 0 Å². The second kappa shape index (κ2) is 8.86. The molecule has 0 unspecified atom stereocenters. The summed E-state index contributed by atoms with van der Waals surface area (Å²) in [6.45, 7) is 4.15. The van der Waals surface area contributed by atoms with Gasteiger partial charge in [-0.25, -0.2) is 4.39 Å². The number of amides is 1. The molecule has 1 saturated heterocycles. The Bertz CT molecular complexity index is 1270. The zero-order valence-electron chi connectivity index (χ0n) is 17.3. The van der Waals surface area contributed by atoms with E-state index in [1.54, 1.807) is 12.1 Å². The summed E-state index contributed by atoms with van der Waals surface area (Å²) in [5.74, 6) is -0.820. The third-order valence-corrected chi connectivity index (χ3v) is 5.50. The van der Waals surface area contributed by atoms with Crippen molar-refractivity contribution in [1.82, 2.24) is 20.1 Å². The molecule has 0 aliphatic carbocycles. The van der Waals surface area contributed by atoms with Gasteiger partial charge >= 0.3 is 0 Å². The van der Waals surface area contributed by atoms with Gasteiger partial charge in [-0.2, -0.15) is 5.10 Å². The Morgan fingerprint density at radius 2 is 1.97 bits per heavy atom. The van der Waals surface area contributed by atoms with Crippen molar-refractivity contribution in [2.75, 3.05) is 31.6 Å². The van der Waals surface area contributed by atoms with Crippen LogP contribution in [-0.4, -0.2) is 52.3 Å². The number of ether oxygens (including phenoxy) is 1. The molecule has 8 heteroatoms. The first-order valence-electron chi connectivity index (χ1n) is 10.5. The molecule has 2 aromatic carbocycles. The number of fused-ring (bicyclic) bond motifs is 1. The standard InChI is InChI=1S/C24H22FN5O2/c25-19-2-1-3-20(12-19)27-24(31)23-21-11-17(4-5-22(21)28-29-23)18-10-16(13-26-14-18)15-30-6-8-32-9-7-30/h1-5,10-14H,6-9,15H2,(H,27,31)(H,28,29). The molecule has 7 nitrogen and oxygen atoms in total. The lowest BCUT2D eigenvalue weighted by atomic mass is 10.0. The van der Waals surface area contributed by atoms with Crippen molar-refractivity contribution in [3.63, 3.8) is 0 Å². The Kier molecular flexibility index (Phi) is 5.62. The molecule has 0 bridgehead atoms. The number of halogens is 1. The van der Waals surface area contributed by atoms with E-state index in [4.69, 9.17) is 4.74 Å². The van der Waals surface area contributed by atoms with E-state index in [-0.39, 0.29) is 5.69 Å². The third kappa shape index (κ3) is 4.37. The highest BCUT2D eigenvalue weighted by Gasteiger charge is 2.16. The highest BCUT2D eigenvalue weighted by Crippen LogP contribution is 2.26. The molecule has 1 fully saturated rings. The Hall–Kier alpha value is -3.62. The van der Waals surface area contributed by atoms with Crippen LogP contribution in [0.25, 0.3) is 22.0 Å². The van der Waals surface area contributed by atoms with Crippen molar-refractivity contribution >= 4 is 22.5 Å². The van der Waals surface area contributed by atoms with Crippen LogP contribution in [0.4, 0.5) is 10.1 Å². The monoisotopic (exact) mass is 431 g/mol. The number of carbonyl (C=O) groups excluding carboxylic acids is 1. The van der Waals surface area contributed by atoms with Gasteiger partial charge in [-0.15, -0.1) is 0 Å². The SMILES string of the molecule is O=C(Nc1cccc(F)c1)c1n[nH]c2ccc(-c3cncc(CN4CCOCC4)c3)cc12. The predicted octanol–water partition coefficient (Wildman–Crippen LogP) is 3.85. The van der Waals surface area contributed by atoms with Crippen molar-refractivity contribution in [2.24, 2.45) is 0 Å². The molecular formula is C24H22FN5O2. The molecule has 3 heterocycles. The molecule has 0 atom stereocenters. The van der Waals surface area contributed by atoms with Crippen LogP contribution in [0, 0.1) is 5.82 Å². The second-order valence-electron chi connectivity index (χ2n) is 7.77. The number of nitrogens with one attached hydrogen (secondary N) is 2. The van der Waals surface area contributed by atoms with Gasteiger partial charge in [0.05, 0.1) is 18.7 Å². The van der Waals surface area contributed by atoms with Crippen LogP contribution in [0.3, 0.4) is 0 Å². The maximum Gasteiger partial charge on any atom is 0.276 e. The van der Waals surface area contributed by atoms with E-state index < -0.39 is 11.7 Å². The largest absolute Gasteiger partial charge is 0.379 e. The average Bonchev–Trinajstić information content (AvgIpc) is 3.23. The second-order valence-corrected chi connectivity index (χ2v) is 7.77. The lowest BCUT2D eigenvalue weighted by molar-refractivity contribution is 0.0341. The first kappa shape index (κ1) is 20.3. The molecule has 1 aliphatic rings. The maximum atomic E-state index is 13.4. The minimum Gasteiger partial charge on any atom is -0.379 e. The Labute approximate surface area is 184 Å². The van der Waals surface area contributed by atoms with Gasteiger partial charge in [0, 0.05) is 48.7 Å². The van der Waals surface area contributed by atoms with Crippen molar-refractivity contribution < 1.29 is 13.9 Å². The van der Waals surface area contributed by atoms with Gasteiger partial charge in [0.25, 0.3) is 5.91 Å². The molecule has 2 N–H and O–H groups in total. The summed E-state index contributed by atoms with van der Waals surface area (Å²) in [4.78, 5) is 19.5. The summed E-state index contributed by atoms with van der Waals surface area (Å²) >= 11 is 0. The van der Waals surface area contributed by atoms with Crippen LogP contribution in [0.2, 0.25) is 0 Å². The topological polar surface area (TPSA) is 83.1 Å². The quantitative estimate of drug-likeness (QED) is 0.502. The van der Waals surface area contributed by atoms with Crippen LogP contribution in [-0.2, 0) is 11.3 Å². The fraction of sp³-hybridized carbons (Fsp3) is 0.208. The summed E-state index contributed by atoms with van der Waals surface area (Å²) in [7, 11) is 0. The minimum absolute atomic E-state index is 0.253. The molecule has 4 aromatic rings.